The summed E-state index contributed by atoms with van der Waals surface area (Å²) in [5.41, 5.74) is 1.52. The summed E-state index contributed by atoms with van der Waals surface area (Å²) < 4.78 is 43.5. The Labute approximate surface area is 156 Å². The molecule has 7 heteroatoms. The van der Waals surface area contributed by atoms with Crippen LogP contribution in [0.2, 0.25) is 0 Å². The number of halogens is 3. The lowest BCUT2D eigenvalue weighted by atomic mass is 10.2. The maximum Gasteiger partial charge on any atom is 0.416 e. The molecule has 144 valence electrons. The van der Waals surface area contributed by atoms with Crippen LogP contribution in [0.4, 0.5) is 18.9 Å². The van der Waals surface area contributed by atoms with Crippen LogP contribution in [0.5, 0.6) is 5.75 Å². The normalized spacial score (nSPS) is 15.0. The number of ether oxygens (including phenoxy) is 1. The fourth-order valence-electron chi connectivity index (χ4n) is 3.04. The predicted octanol–water partition coefficient (Wildman–Crippen LogP) is 3.74. The number of amides is 1. The van der Waals surface area contributed by atoms with Crippen molar-refractivity contribution in [2.24, 2.45) is 0 Å². The van der Waals surface area contributed by atoms with E-state index >= 15 is 0 Å². The number of hydrogen-bond donors (Lipinski definition) is 0. The summed E-state index contributed by atoms with van der Waals surface area (Å²) in [4.78, 5) is 16.2. The second-order valence-corrected chi connectivity index (χ2v) is 6.52. The number of piperazine rings is 1. The smallest absolute Gasteiger partial charge is 0.416 e. The molecule has 0 atom stereocenters. The first-order valence-electron chi connectivity index (χ1n) is 8.72. The van der Waals surface area contributed by atoms with E-state index in [0.717, 1.165) is 17.8 Å². The van der Waals surface area contributed by atoms with E-state index in [1.54, 1.807) is 4.90 Å². The van der Waals surface area contributed by atoms with Gasteiger partial charge in [0.25, 0.3) is 5.91 Å². The first-order chi connectivity index (χ1) is 12.8. The lowest BCUT2D eigenvalue weighted by Crippen LogP contribution is -2.50. The average molecular weight is 378 g/mol. The van der Waals surface area contributed by atoms with Crippen LogP contribution in [0.25, 0.3) is 0 Å². The molecule has 1 saturated heterocycles. The molecule has 1 aliphatic rings. The fourth-order valence-corrected chi connectivity index (χ4v) is 3.04. The standard InChI is InChI=1S/C20H21F3N2O2/c1-15-4-2-6-17(12-15)24-8-10-25(11-9-24)19(26)14-27-18-7-3-5-16(13-18)20(21,22)23/h2-7,12-13H,8-11,14H2,1H3. The largest absolute Gasteiger partial charge is 0.484 e. The van der Waals surface area contributed by atoms with Gasteiger partial charge in [0.05, 0.1) is 5.56 Å². The van der Waals surface area contributed by atoms with E-state index in [2.05, 4.69) is 11.0 Å². The number of rotatable bonds is 4. The minimum absolute atomic E-state index is 0.0385. The van der Waals surface area contributed by atoms with Crippen LogP contribution in [-0.2, 0) is 11.0 Å². The van der Waals surface area contributed by atoms with Crippen LogP contribution < -0.4 is 9.64 Å². The number of aryl methyl sites for hydroxylation is 1. The molecule has 27 heavy (non-hydrogen) atoms. The van der Waals surface area contributed by atoms with Crippen molar-refractivity contribution in [3.8, 4) is 5.75 Å². The van der Waals surface area contributed by atoms with Crippen molar-refractivity contribution >= 4 is 11.6 Å². The highest BCUT2D eigenvalue weighted by Crippen LogP contribution is 2.31. The molecule has 2 aromatic rings. The molecular formula is C20H21F3N2O2. The van der Waals surface area contributed by atoms with Gasteiger partial charge in [0.1, 0.15) is 5.75 Å². The zero-order valence-corrected chi connectivity index (χ0v) is 15.0. The van der Waals surface area contributed by atoms with E-state index in [0.29, 0.717) is 26.2 Å². The minimum atomic E-state index is -4.44. The topological polar surface area (TPSA) is 32.8 Å². The van der Waals surface area contributed by atoms with Gasteiger partial charge in [-0.25, -0.2) is 0 Å². The quantitative estimate of drug-likeness (QED) is 0.813. The zero-order chi connectivity index (χ0) is 19.4. The maximum absolute atomic E-state index is 12.7. The van der Waals surface area contributed by atoms with E-state index in [1.165, 1.54) is 17.7 Å². The summed E-state index contributed by atoms with van der Waals surface area (Å²) in [5.74, 6) is -0.187. The summed E-state index contributed by atoms with van der Waals surface area (Å²) in [5, 5.41) is 0. The Morgan fingerprint density at radius 2 is 1.74 bits per heavy atom. The molecule has 0 saturated carbocycles. The third-order valence-corrected chi connectivity index (χ3v) is 4.52. The van der Waals surface area contributed by atoms with Gasteiger partial charge in [-0.2, -0.15) is 13.2 Å². The highest BCUT2D eigenvalue weighted by Gasteiger charge is 2.30. The van der Waals surface area contributed by atoms with Crippen LogP contribution in [0.3, 0.4) is 0 Å². The second-order valence-electron chi connectivity index (χ2n) is 6.52. The van der Waals surface area contributed by atoms with Crippen molar-refractivity contribution in [2.75, 3.05) is 37.7 Å². The number of nitrogens with zero attached hydrogens (tertiary/aromatic N) is 2. The SMILES string of the molecule is Cc1cccc(N2CCN(C(=O)COc3cccc(C(F)(F)F)c3)CC2)c1. The maximum atomic E-state index is 12.7. The van der Waals surface area contributed by atoms with Crippen molar-refractivity contribution in [1.29, 1.82) is 0 Å². The average Bonchev–Trinajstić information content (AvgIpc) is 2.66. The van der Waals surface area contributed by atoms with Gasteiger partial charge in [0, 0.05) is 31.9 Å². The van der Waals surface area contributed by atoms with Gasteiger partial charge >= 0.3 is 6.18 Å². The minimum Gasteiger partial charge on any atom is -0.484 e. The zero-order valence-electron chi connectivity index (χ0n) is 15.0. The van der Waals surface area contributed by atoms with E-state index < -0.39 is 11.7 Å². The molecule has 1 amide bonds. The molecule has 4 nitrogen and oxygen atoms in total. The Hall–Kier alpha value is -2.70. The number of carbonyl (C=O) groups is 1. The molecule has 1 fully saturated rings. The Balaban J connectivity index is 1.51. The van der Waals surface area contributed by atoms with Crippen LogP contribution in [0.1, 0.15) is 11.1 Å². The molecule has 0 unspecified atom stereocenters. The number of hydrogen-bond acceptors (Lipinski definition) is 3. The van der Waals surface area contributed by atoms with E-state index in [4.69, 9.17) is 4.74 Å². The van der Waals surface area contributed by atoms with E-state index in [1.807, 2.05) is 25.1 Å². The van der Waals surface area contributed by atoms with Gasteiger partial charge in [0.2, 0.25) is 0 Å². The highest BCUT2D eigenvalue weighted by molar-refractivity contribution is 5.78. The van der Waals surface area contributed by atoms with Crippen molar-refractivity contribution < 1.29 is 22.7 Å². The Morgan fingerprint density at radius 1 is 1.04 bits per heavy atom. The van der Waals surface area contributed by atoms with Crippen molar-refractivity contribution in [1.82, 2.24) is 4.90 Å². The molecule has 1 aliphatic heterocycles. The first-order valence-corrected chi connectivity index (χ1v) is 8.72. The molecule has 2 aromatic carbocycles. The van der Waals surface area contributed by atoms with Gasteiger partial charge in [0.15, 0.2) is 6.61 Å². The van der Waals surface area contributed by atoms with E-state index in [9.17, 15) is 18.0 Å². The Morgan fingerprint density at radius 3 is 2.41 bits per heavy atom. The number of benzene rings is 2. The molecule has 3 rings (SSSR count). The molecular weight excluding hydrogens is 357 g/mol. The van der Waals surface area contributed by atoms with Gasteiger partial charge < -0.3 is 14.5 Å². The predicted molar refractivity (Wildman–Crippen MR) is 96.9 cm³/mol. The summed E-state index contributed by atoms with van der Waals surface area (Å²) in [6.45, 7) is 4.29. The number of anilines is 1. The summed E-state index contributed by atoms with van der Waals surface area (Å²) in [7, 11) is 0. The molecule has 0 aliphatic carbocycles. The lowest BCUT2D eigenvalue weighted by molar-refractivity contribution is -0.137. The van der Waals surface area contributed by atoms with Crippen LogP contribution in [-0.4, -0.2) is 43.6 Å². The second kappa shape index (κ2) is 7.90. The molecule has 1 heterocycles. The molecule has 0 spiro atoms. The number of alkyl halides is 3. The summed E-state index contributed by atoms with van der Waals surface area (Å²) in [6, 6.07) is 12.7. The van der Waals surface area contributed by atoms with Crippen molar-refractivity contribution in [3.05, 3.63) is 59.7 Å². The first kappa shape index (κ1) is 19.1. The monoisotopic (exact) mass is 378 g/mol. The van der Waals surface area contributed by atoms with Crippen LogP contribution in [0.15, 0.2) is 48.5 Å². The molecule has 0 aromatic heterocycles. The van der Waals surface area contributed by atoms with Crippen molar-refractivity contribution in [2.45, 2.75) is 13.1 Å². The van der Waals surface area contributed by atoms with Crippen LogP contribution >= 0.6 is 0 Å². The third-order valence-electron chi connectivity index (χ3n) is 4.52. The van der Waals surface area contributed by atoms with Gasteiger partial charge in [-0.15, -0.1) is 0 Å². The van der Waals surface area contributed by atoms with Gasteiger partial charge in [-0.05, 0) is 42.8 Å². The highest BCUT2D eigenvalue weighted by atomic mass is 19.4. The molecule has 0 radical (unpaired) electrons. The molecule has 0 N–H and O–H groups in total. The Kier molecular flexibility index (Phi) is 5.58. The van der Waals surface area contributed by atoms with E-state index in [-0.39, 0.29) is 18.3 Å². The third kappa shape index (κ3) is 4.93. The lowest BCUT2D eigenvalue weighted by Gasteiger charge is -2.36. The molecule has 0 bridgehead atoms. The summed E-state index contributed by atoms with van der Waals surface area (Å²) in [6.07, 6.45) is -4.44. The van der Waals surface area contributed by atoms with Gasteiger partial charge in [-0.3, -0.25) is 4.79 Å². The fraction of sp³-hybridized carbons (Fsp3) is 0.350. The van der Waals surface area contributed by atoms with Gasteiger partial charge in [-0.1, -0.05) is 18.2 Å². The van der Waals surface area contributed by atoms with Crippen molar-refractivity contribution in [3.63, 3.8) is 0 Å². The Bertz CT molecular complexity index is 800. The van der Waals surface area contributed by atoms with Crippen LogP contribution in [0, 0.1) is 6.92 Å². The summed E-state index contributed by atoms with van der Waals surface area (Å²) >= 11 is 0. The number of carbonyl (C=O) groups excluding carboxylic acids is 1.